The zero-order valence-corrected chi connectivity index (χ0v) is 13.5. The Bertz CT molecular complexity index is 601. The molecule has 0 bridgehead atoms. The summed E-state index contributed by atoms with van der Waals surface area (Å²) >= 11 is 0. The second-order valence-electron chi connectivity index (χ2n) is 4.60. The van der Waals surface area contributed by atoms with Crippen molar-refractivity contribution in [2.45, 2.75) is 13.3 Å². The summed E-state index contributed by atoms with van der Waals surface area (Å²) in [7, 11) is 1.60. The number of nitrogens with one attached hydrogen (secondary N) is 1. The number of benzene rings is 1. The summed E-state index contributed by atoms with van der Waals surface area (Å²) in [5.41, 5.74) is 0.938. The van der Waals surface area contributed by atoms with Crippen LogP contribution >= 0.6 is 0 Å². The average molecular weight is 314 g/mol. The molecule has 0 aliphatic rings. The van der Waals surface area contributed by atoms with Gasteiger partial charge in [-0.1, -0.05) is 30.4 Å². The van der Waals surface area contributed by atoms with Crippen LogP contribution < -0.4 is 10.1 Å². The third-order valence-electron chi connectivity index (χ3n) is 3.00. The van der Waals surface area contributed by atoms with E-state index < -0.39 is 0 Å². The van der Waals surface area contributed by atoms with Crippen molar-refractivity contribution in [1.29, 1.82) is 5.26 Å². The van der Waals surface area contributed by atoms with Gasteiger partial charge in [0.15, 0.2) is 0 Å². The van der Waals surface area contributed by atoms with Gasteiger partial charge in [-0.05, 0) is 25.5 Å². The first-order valence-electron chi connectivity index (χ1n) is 7.50. The van der Waals surface area contributed by atoms with Gasteiger partial charge in [0.05, 0.1) is 7.11 Å². The molecular weight excluding hydrogens is 292 g/mol. The van der Waals surface area contributed by atoms with Gasteiger partial charge in [0.2, 0.25) is 0 Å². The lowest BCUT2D eigenvalue weighted by Gasteiger charge is -2.04. The average Bonchev–Trinajstić information content (AvgIpc) is 2.58. The molecule has 0 saturated heterocycles. The van der Waals surface area contributed by atoms with Crippen LogP contribution in [0.5, 0.6) is 5.75 Å². The second-order valence-corrected chi connectivity index (χ2v) is 4.60. The van der Waals surface area contributed by atoms with Gasteiger partial charge in [-0.3, -0.25) is 4.79 Å². The van der Waals surface area contributed by atoms with Crippen LogP contribution in [0, 0.1) is 11.3 Å². The van der Waals surface area contributed by atoms with Gasteiger partial charge in [-0.25, -0.2) is 0 Å². The van der Waals surface area contributed by atoms with Crippen molar-refractivity contribution >= 4 is 12.0 Å². The van der Waals surface area contributed by atoms with Crippen molar-refractivity contribution in [1.82, 2.24) is 5.32 Å². The lowest BCUT2D eigenvalue weighted by atomic mass is 10.1. The van der Waals surface area contributed by atoms with Gasteiger partial charge in [0.25, 0.3) is 5.91 Å². The molecule has 1 aromatic rings. The van der Waals surface area contributed by atoms with E-state index in [1.54, 1.807) is 19.3 Å². The fraction of sp³-hybridized carbons (Fsp3) is 0.333. The summed E-state index contributed by atoms with van der Waals surface area (Å²) in [6.45, 7) is 3.65. The lowest BCUT2D eigenvalue weighted by molar-refractivity contribution is -0.117. The van der Waals surface area contributed by atoms with Gasteiger partial charge in [0, 0.05) is 25.3 Å². The minimum atomic E-state index is -0.381. The van der Waals surface area contributed by atoms with Crippen molar-refractivity contribution in [3.8, 4) is 11.8 Å². The molecule has 0 aliphatic heterocycles. The second kappa shape index (κ2) is 11.0. The summed E-state index contributed by atoms with van der Waals surface area (Å²) in [4.78, 5) is 11.9. The number of nitriles is 1. The zero-order valence-electron chi connectivity index (χ0n) is 13.5. The van der Waals surface area contributed by atoms with E-state index in [0.29, 0.717) is 19.8 Å². The van der Waals surface area contributed by atoms with Gasteiger partial charge in [0.1, 0.15) is 17.4 Å². The minimum absolute atomic E-state index is 0.0626. The molecule has 1 amide bonds. The van der Waals surface area contributed by atoms with Crippen molar-refractivity contribution in [3.63, 3.8) is 0 Å². The van der Waals surface area contributed by atoms with Crippen LogP contribution in [0.15, 0.2) is 42.0 Å². The first kappa shape index (κ1) is 18.5. The molecule has 0 unspecified atom stereocenters. The van der Waals surface area contributed by atoms with Crippen LogP contribution in [0.3, 0.4) is 0 Å². The Hall–Kier alpha value is -2.58. The molecule has 0 atom stereocenters. The monoisotopic (exact) mass is 314 g/mol. The van der Waals surface area contributed by atoms with E-state index in [-0.39, 0.29) is 11.5 Å². The number of methoxy groups -OCH3 is 1. The fourth-order valence-corrected chi connectivity index (χ4v) is 1.83. The van der Waals surface area contributed by atoms with Gasteiger partial charge in [-0.15, -0.1) is 0 Å². The molecule has 5 heteroatoms. The Kier molecular flexibility index (Phi) is 8.87. The number of rotatable bonds is 9. The fourth-order valence-electron chi connectivity index (χ4n) is 1.83. The third kappa shape index (κ3) is 6.81. The largest absolute Gasteiger partial charge is 0.496 e. The van der Waals surface area contributed by atoms with Crippen LogP contribution in [0.1, 0.15) is 18.9 Å². The number of allylic oxidation sites excluding steroid dienone is 2. The van der Waals surface area contributed by atoms with Crippen molar-refractivity contribution in [2.75, 3.05) is 26.9 Å². The normalized spacial score (nSPS) is 11.3. The van der Waals surface area contributed by atoms with E-state index >= 15 is 0 Å². The number of hydrogen-bond acceptors (Lipinski definition) is 4. The molecule has 0 aromatic heterocycles. The Balaban J connectivity index is 2.59. The quantitative estimate of drug-likeness (QED) is 0.329. The molecule has 0 heterocycles. The Morgan fingerprint density at radius 1 is 1.39 bits per heavy atom. The first-order chi connectivity index (χ1) is 11.2. The maximum atomic E-state index is 11.9. The van der Waals surface area contributed by atoms with Crippen LogP contribution in [0.2, 0.25) is 0 Å². The standard InChI is InChI=1S/C18H22N2O3/c1-3-23-13-7-12-20-18(21)16(14-19)10-6-9-15-8-4-5-11-17(15)22-2/h4-6,8-11H,3,7,12-13H2,1-2H3,(H,20,21)/b9-6+,16-10+. The highest BCUT2D eigenvalue weighted by molar-refractivity contribution is 5.97. The van der Waals surface area contributed by atoms with E-state index in [1.807, 2.05) is 37.3 Å². The lowest BCUT2D eigenvalue weighted by Crippen LogP contribution is -2.26. The van der Waals surface area contributed by atoms with E-state index in [1.165, 1.54) is 6.08 Å². The Morgan fingerprint density at radius 2 is 2.17 bits per heavy atom. The third-order valence-corrected chi connectivity index (χ3v) is 3.00. The summed E-state index contributed by atoms with van der Waals surface area (Å²) in [5, 5.41) is 11.8. The molecule has 0 radical (unpaired) electrons. The first-order valence-corrected chi connectivity index (χ1v) is 7.50. The topological polar surface area (TPSA) is 71.3 Å². The summed E-state index contributed by atoms with van der Waals surface area (Å²) < 4.78 is 10.4. The molecule has 1 rings (SSSR count). The number of carbonyl (C=O) groups is 1. The number of para-hydroxylation sites is 1. The van der Waals surface area contributed by atoms with E-state index in [0.717, 1.165) is 17.7 Å². The van der Waals surface area contributed by atoms with Crippen LogP contribution in [-0.2, 0) is 9.53 Å². The maximum Gasteiger partial charge on any atom is 0.261 e. The maximum absolute atomic E-state index is 11.9. The van der Waals surface area contributed by atoms with Gasteiger partial charge >= 0.3 is 0 Å². The number of nitrogens with zero attached hydrogens (tertiary/aromatic N) is 1. The smallest absolute Gasteiger partial charge is 0.261 e. The highest BCUT2D eigenvalue weighted by Crippen LogP contribution is 2.18. The molecule has 23 heavy (non-hydrogen) atoms. The summed E-state index contributed by atoms with van der Waals surface area (Å²) in [6.07, 6.45) is 5.66. The molecule has 1 N–H and O–H groups in total. The Labute approximate surface area is 137 Å². The number of ether oxygens (including phenoxy) is 2. The summed E-state index contributed by atoms with van der Waals surface area (Å²) in [6, 6.07) is 9.41. The molecule has 0 saturated carbocycles. The predicted octanol–water partition coefficient (Wildman–Crippen LogP) is 2.70. The van der Waals surface area contributed by atoms with E-state index in [4.69, 9.17) is 14.7 Å². The van der Waals surface area contributed by atoms with Crippen molar-refractivity contribution < 1.29 is 14.3 Å². The number of amides is 1. The molecular formula is C18H22N2O3. The molecule has 0 spiro atoms. The highest BCUT2D eigenvalue weighted by Gasteiger charge is 2.06. The zero-order chi connectivity index (χ0) is 16.9. The van der Waals surface area contributed by atoms with Crippen LogP contribution in [0.25, 0.3) is 6.08 Å². The molecule has 1 aromatic carbocycles. The summed E-state index contributed by atoms with van der Waals surface area (Å²) in [5.74, 6) is 0.352. The van der Waals surface area contributed by atoms with Crippen LogP contribution in [-0.4, -0.2) is 32.8 Å². The SMILES string of the molecule is CCOCCCNC(=O)/C(C#N)=C/C=C/c1ccccc1OC. The van der Waals surface area contributed by atoms with Crippen LogP contribution in [0.4, 0.5) is 0 Å². The van der Waals surface area contributed by atoms with E-state index in [9.17, 15) is 4.79 Å². The molecule has 5 nitrogen and oxygen atoms in total. The minimum Gasteiger partial charge on any atom is -0.496 e. The number of carbonyl (C=O) groups excluding carboxylic acids is 1. The molecule has 0 fully saturated rings. The van der Waals surface area contributed by atoms with Crippen molar-refractivity contribution in [3.05, 3.63) is 47.6 Å². The van der Waals surface area contributed by atoms with Crippen molar-refractivity contribution in [2.24, 2.45) is 0 Å². The van der Waals surface area contributed by atoms with E-state index in [2.05, 4.69) is 5.32 Å². The van der Waals surface area contributed by atoms with Gasteiger partial charge < -0.3 is 14.8 Å². The highest BCUT2D eigenvalue weighted by atomic mass is 16.5. The number of hydrogen-bond donors (Lipinski definition) is 1. The molecule has 122 valence electrons. The van der Waals surface area contributed by atoms with Gasteiger partial charge in [-0.2, -0.15) is 5.26 Å². The predicted molar refractivity (Wildman–Crippen MR) is 89.8 cm³/mol. The Morgan fingerprint density at radius 3 is 2.87 bits per heavy atom. The molecule has 0 aliphatic carbocycles.